The maximum atomic E-state index is 13.5. The van der Waals surface area contributed by atoms with Crippen molar-refractivity contribution in [2.24, 2.45) is 0 Å². The molecule has 0 atom stereocenters. The van der Waals surface area contributed by atoms with Crippen LogP contribution in [-0.4, -0.2) is 0 Å². The van der Waals surface area contributed by atoms with Crippen LogP contribution in [0.3, 0.4) is 0 Å². The van der Waals surface area contributed by atoms with Gasteiger partial charge in [-0.2, -0.15) is 52.7 Å². The molecule has 49 heavy (non-hydrogen) atoms. The van der Waals surface area contributed by atoms with Crippen LogP contribution in [0.4, 0.5) is 52.7 Å². The van der Waals surface area contributed by atoms with E-state index in [0.717, 1.165) is 48.5 Å². The molecule has 0 N–H and O–H groups in total. The fraction of sp³-hybridized carbons (Fsp3) is 0.0303. The number of ether oxygens (including phenoxy) is 4. The van der Waals surface area contributed by atoms with E-state index in [4.69, 9.17) is 0 Å². The van der Waals surface area contributed by atoms with Crippen LogP contribution in [0.2, 0.25) is 0 Å². The highest BCUT2D eigenvalue weighted by atomic mass is 19.3. The van der Waals surface area contributed by atoms with Crippen LogP contribution in [0.25, 0.3) is 0 Å². The first-order chi connectivity index (χ1) is 23.2. The lowest BCUT2D eigenvalue weighted by Crippen LogP contribution is -2.31. The molecule has 16 heteroatoms. The van der Waals surface area contributed by atoms with Crippen LogP contribution >= 0.6 is 0 Å². The Kier molecular flexibility index (Phi) is 11.3. The zero-order valence-electron chi connectivity index (χ0n) is 23.9. The minimum Gasteiger partial charge on any atom is -0.428 e. The van der Waals surface area contributed by atoms with Gasteiger partial charge in [0, 0.05) is 0 Å². The summed E-state index contributed by atoms with van der Waals surface area (Å²) < 4.78 is 173. The van der Waals surface area contributed by atoms with Crippen LogP contribution in [0.15, 0.2) is 145 Å². The molecule has 0 heterocycles. The highest BCUT2D eigenvalue weighted by molar-refractivity contribution is 5.61. The van der Waals surface area contributed by atoms with Crippen LogP contribution in [0, 0.1) is 0 Å². The van der Waals surface area contributed by atoms with Gasteiger partial charge in [-0.05, 0) is 70.8 Å². The predicted octanol–water partition coefficient (Wildman–Crippen LogP) is 11.7. The average molecular weight is 704 g/mol. The third kappa shape index (κ3) is 8.38. The third-order valence-electron chi connectivity index (χ3n) is 6.57. The molecule has 0 radical (unpaired) electrons. The van der Waals surface area contributed by atoms with E-state index >= 15 is 0 Å². The van der Waals surface area contributed by atoms with Crippen molar-refractivity contribution in [1.29, 1.82) is 0 Å². The summed E-state index contributed by atoms with van der Waals surface area (Å²) in [6.07, 6.45) is -11.0. The van der Waals surface area contributed by atoms with Crippen molar-refractivity contribution in [2.45, 2.75) is 5.41 Å². The summed E-state index contributed by atoms with van der Waals surface area (Å²) in [5.74, 6) is -1.61. The average Bonchev–Trinajstić information content (AvgIpc) is 3.07. The van der Waals surface area contributed by atoms with Gasteiger partial charge in [0.2, 0.25) is 0 Å². The van der Waals surface area contributed by atoms with E-state index in [0.29, 0.717) is 0 Å². The fourth-order valence-electron chi connectivity index (χ4n) is 4.66. The highest BCUT2D eigenvalue weighted by Crippen LogP contribution is 2.47. The monoisotopic (exact) mass is 704 g/mol. The molecular weight excluding hydrogens is 688 g/mol. The summed E-state index contributed by atoms with van der Waals surface area (Å²) in [5.41, 5.74) is -0.882. The Bertz CT molecular complexity index is 1600. The predicted molar refractivity (Wildman–Crippen MR) is 149 cm³/mol. The van der Waals surface area contributed by atoms with Crippen LogP contribution < -0.4 is 18.9 Å². The molecule has 0 aliphatic rings. The smallest absolute Gasteiger partial charge is 0.344 e. The Hall–Kier alpha value is -5.80. The molecule has 0 amide bonds. The Balaban J connectivity index is 1.99. The first-order valence-corrected chi connectivity index (χ1v) is 13.2. The molecule has 4 rings (SSSR count). The molecule has 0 aliphatic heterocycles. The van der Waals surface area contributed by atoms with Crippen LogP contribution in [-0.2, 0) is 5.41 Å². The first-order valence-electron chi connectivity index (χ1n) is 13.2. The minimum atomic E-state index is -2.75. The molecule has 0 spiro atoms. The van der Waals surface area contributed by atoms with E-state index in [1.54, 1.807) is 0 Å². The molecule has 256 valence electrons. The Labute approximate surface area is 268 Å². The molecule has 0 unspecified atom stereocenters. The SMILES string of the molecule is FC(F)=C(F)Oc1ccc(C(c2ccc(OC(F)=C(F)F)cc2)(c2ccc(OC(F)=C(F)F)cc2)c2ccc(OC(F)=C(F)F)cc2)cc1. The largest absolute Gasteiger partial charge is 0.428 e. The summed E-state index contributed by atoms with van der Waals surface area (Å²) >= 11 is 0. The first kappa shape index (κ1) is 36.0. The van der Waals surface area contributed by atoms with Crippen molar-refractivity contribution in [1.82, 2.24) is 0 Å². The van der Waals surface area contributed by atoms with Gasteiger partial charge in [0.1, 0.15) is 23.0 Å². The molecule has 0 aromatic heterocycles. The summed E-state index contributed by atoms with van der Waals surface area (Å²) in [7, 11) is 0. The van der Waals surface area contributed by atoms with Crippen molar-refractivity contribution >= 4 is 0 Å². The highest BCUT2D eigenvalue weighted by Gasteiger charge is 2.39. The van der Waals surface area contributed by atoms with E-state index in [1.165, 1.54) is 48.5 Å². The lowest BCUT2D eigenvalue weighted by molar-refractivity contribution is 0.241. The zero-order valence-corrected chi connectivity index (χ0v) is 23.9. The molecule has 4 aromatic rings. The van der Waals surface area contributed by atoms with E-state index in [1.807, 2.05) is 0 Å². The lowest BCUT2D eigenvalue weighted by atomic mass is 9.65. The molecule has 0 bridgehead atoms. The zero-order chi connectivity index (χ0) is 35.9. The van der Waals surface area contributed by atoms with Gasteiger partial charge < -0.3 is 18.9 Å². The molecule has 0 saturated heterocycles. The van der Waals surface area contributed by atoms with Crippen molar-refractivity contribution in [3.63, 3.8) is 0 Å². The van der Waals surface area contributed by atoms with Crippen molar-refractivity contribution in [2.75, 3.05) is 0 Å². The second-order valence-corrected chi connectivity index (χ2v) is 9.39. The van der Waals surface area contributed by atoms with Gasteiger partial charge in [-0.15, -0.1) is 0 Å². The number of halogens is 12. The number of benzene rings is 4. The quantitative estimate of drug-likeness (QED) is 0.0836. The van der Waals surface area contributed by atoms with Crippen LogP contribution in [0.1, 0.15) is 22.3 Å². The third-order valence-corrected chi connectivity index (χ3v) is 6.57. The van der Waals surface area contributed by atoms with Gasteiger partial charge in [-0.1, -0.05) is 48.5 Å². The molecule has 0 fully saturated rings. The second-order valence-electron chi connectivity index (χ2n) is 9.39. The van der Waals surface area contributed by atoms with Crippen LogP contribution in [0.5, 0.6) is 23.0 Å². The fourth-order valence-corrected chi connectivity index (χ4v) is 4.66. The van der Waals surface area contributed by atoms with Gasteiger partial charge in [0.15, 0.2) is 0 Å². The van der Waals surface area contributed by atoms with Crippen molar-refractivity contribution in [3.05, 3.63) is 168 Å². The van der Waals surface area contributed by atoms with E-state index in [-0.39, 0.29) is 22.3 Å². The van der Waals surface area contributed by atoms with Gasteiger partial charge in [0.05, 0.1) is 5.41 Å². The number of rotatable bonds is 12. The maximum absolute atomic E-state index is 13.5. The Morgan fingerprint density at radius 2 is 0.449 bits per heavy atom. The molecule has 0 saturated carbocycles. The summed E-state index contributed by atoms with van der Waals surface area (Å²) in [4.78, 5) is 0. The summed E-state index contributed by atoms with van der Waals surface area (Å²) in [6, 6.07) is 10.1. The maximum Gasteiger partial charge on any atom is 0.344 e. The van der Waals surface area contributed by atoms with E-state index < -0.39 is 76.8 Å². The van der Waals surface area contributed by atoms with Gasteiger partial charge in [0.25, 0.3) is 0 Å². The standard InChI is InChI=1S/C33H16F12O4/c34-25(35)29(42)46-21-9-1-17(2-10-21)33(18-3-11-22(12-4-18)47-30(43)26(36)37,19-5-13-23(14-6-19)48-31(44)27(38)39)20-7-15-24(16-8-20)49-32(45)28(40)41/h1-16H. The van der Waals surface area contributed by atoms with Gasteiger partial charge in [-0.25, -0.2) is 0 Å². The van der Waals surface area contributed by atoms with E-state index in [2.05, 4.69) is 18.9 Å². The second kappa shape index (κ2) is 15.4. The molecule has 0 aliphatic carbocycles. The number of hydrogen-bond donors (Lipinski definition) is 0. The molecular formula is C33H16F12O4. The number of hydrogen-bond acceptors (Lipinski definition) is 4. The lowest BCUT2D eigenvalue weighted by Gasteiger charge is -2.37. The van der Waals surface area contributed by atoms with E-state index in [9.17, 15) is 52.7 Å². The van der Waals surface area contributed by atoms with Gasteiger partial charge in [-0.3, -0.25) is 0 Å². The minimum absolute atomic E-state index is 0.198. The topological polar surface area (TPSA) is 36.9 Å². The van der Waals surface area contributed by atoms with Gasteiger partial charge >= 0.3 is 48.4 Å². The normalized spacial score (nSPS) is 10.9. The Morgan fingerprint density at radius 1 is 0.286 bits per heavy atom. The summed E-state index contributed by atoms with van der Waals surface area (Å²) in [5, 5.41) is 0. The summed E-state index contributed by atoms with van der Waals surface area (Å²) in [6.45, 7) is 0. The van der Waals surface area contributed by atoms with Crippen molar-refractivity contribution in [3.8, 4) is 23.0 Å². The molecule has 4 nitrogen and oxygen atoms in total. The van der Waals surface area contributed by atoms with Crippen molar-refractivity contribution < 1.29 is 71.6 Å². The Morgan fingerprint density at radius 3 is 0.592 bits per heavy atom. The molecule has 4 aromatic carbocycles.